The largest absolute Gasteiger partial charge is 0.298 e. The van der Waals surface area contributed by atoms with Crippen LogP contribution in [0.25, 0.3) is 49.7 Å². The average Bonchev–Trinajstić information content (AvgIpc) is 3.53. The molecule has 0 atom stereocenters. The third kappa shape index (κ3) is 1.85. The molecule has 0 fully saturated rings. The minimum atomic E-state index is 0.946. The first kappa shape index (κ1) is 15.8. The second-order valence-corrected chi connectivity index (χ2v) is 8.64. The van der Waals surface area contributed by atoms with Gasteiger partial charge in [0.2, 0.25) is 0 Å². The SMILES string of the molecule is c1ccc2c(c1)Cc1ccc3c(c1-2)Cc1c-3ccc2c1c1ncccc1n1ccnc21. The number of imidazole rings is 1. The lowest BCUT2D eigenvalue weighted by atomic mass is 9.95. The topological polar surface area (TPSA) is 30.2 Å². The third-order valence-electron chi connectivity index (χ3n) is 7.19. The molecule has 3 aromatic carbocycles. The van der Waals surface area contributed by atoms with Crippen molar-refractivity contribution in [1.29, 1.82) is 0 Å². The molecule has 31 heavy (non-hydrogen) atoms. The second-order valence-electron chi connectivity index (χ2n) is 8.64. The van der Waals surface area contributed by atoms with Crippen LogP contribution < -0.4 is 0 Å². The van der Waals surface area contributed by atoms with E-state index in [2.05, 4.69) is 59.0 Å². The molecule has 0 saturated carbocycles. The lowest BCUT2D eigenvalue weighted by Gasteiger charge is -2.11. The quantitative estimate of drug-likeness (QED) is 0.287. The van der Waals surface area contributed by atoms with Crippen molar-refractivity contribution >= 4 is 27.5 Å². The van der Waals surface area contributed by atoms with Crippen LogP contribution in [0.5, 0.6) is 0 Å². The predicted octanol–water partition coefficient (Wildman–Crippen LogP) is 6.18. The highest BCUT2D eigenvalue weighted by Crippen LogP contribution is 2.49. The maximum Gasteiger partial charge on any atom is 0.145 e. The van der Waals surface area contributed by atoms with Gasteiger partial charge in [0, 0.05) is 29.4 Å². The van der Waals surface area contributed by atoms with Gasteiger partial charge >= 0.3 is 0 Å². The van der Waals surface area contributed by atoms with Gasteiger partial charge < -0.3 is 0 Å². The average molecular weight is 395 g/mol. The Balaban J connectivity index is 1.50. The molecule has 3 heterocycles. The Hall–Kier alpha value is -3.98. The van der Waals surface area contributed by atoms with Crippen LogP contribution in [0.3, 0.4) is 0 Å². The molecule has 0 N–H and O–H groups in total. The smallest absolute Gasteiger partial charge is 0.145 e. The van der Waals surface area contributed by atoms with Crippen LogP contribution in [-0.4, -0.2) is 14.4 Å². The minimum absolute atomic E-state index is 0.946. The van der Waals surface area contributed by atoms with E-state index < -0.39 is 0 Å². The Morgan fingerprint density at radius 2 is 1.58 bits per heavy atom. The first-order valence-electron chi connectivity index (χ1n) is 10.8. The van der Waals surface area contributed by atoms with Gasteiger partial charge in [-0.05, 0) is 75.5 Å². The van der Waals surface area contributed by atoms with Gasteiger partial charge in [0.15, 0.2) is 0 Å². The summed E-state index contributed by atoms with van der Waals surface area (Å²) < 4.78 is 2.16. The van der Waals surface area contributed by atoms with Crippen LogP contribution in [0.2, 0.25) is 0 Å². The van der Waals surface area contributed by atoms with E-state index in [1.54, 1.807) is 0 Å². The molecule has 3 nitrogen and oxygen atoms in total. The molecule has 0 amide bonds. The first-order valence-corrected chi connectivity index (χ1v) is 10.8. The van der Waals surface area contributed by atoms with Crippen LogP contribution in [0.15, 0.2) is 79.3 Å². The fourth-order valence-corrected chi connectivity index (χ4v) is 5.94. The molecule has 8 rings (SSSR count). The van der Waals surface area contributed by atoms with Crippen LogP contribution >= 0.6 is 0 Å². The molecule has 0 saturated heterocycles. The van der Waals surface area contributed by atoms with Crippen molar-refractivity contribution in [3.63, 3.8) is 0 Å². The van der Waals surface area contributed by atoms with Crippen molar-refractivity contribution in [3.05, 3.63) is 102 Å². The fourth-order valence-electron chi connectivity index (χ4n) is 5.94. The van der Waals surface area contributed by atoms with Crippen LogP contribution in [0.4, 0.5) is 0 Å². The number of benzene rings is 3. The Kier molecular flexibility index (Phi) is 2.74. The molecule has 0 radical (unpaired) electrons. The molecule has 0 aliphatic heterocycles. The molecule has 2 aliphatic rings. The summed E-state index contributed by atoms with van der Waals surface area (Å²) in [5.74, 6) is 0. The van der Waals surface area contributed by atoms with Crippen LogP contribution in [-0.2, 0) is 12.8 Å². The molecular weight excluding hydrogens is 378 g/mol. The number of pyridine rings is 2. The molecule has 3 aromatic heterocycles. The van der Waals surface area contributed by atoms with Crippen molar-refractivity contribution in [2.24, 2.45) is 0 Å². The van der Waals surface area contributed by atoms with Gasteiger partial charge in [-0.25, -0.2) is 4.98 Å². The molecular formula is C28H17N3. The van der Waals surface area contributed by atoms with E-state index >= 15 is 0 Å². The summed E-state index contributed by atoms with van der Waals surface area (Å²) in [4.78, 5) is 9.53. The third-order valence-corrected chi connectivity index (χ3v) is 7.19. The Morgan fingerprint density at radius 1 is 0.677 bits per heavy atom. The normalized spacial score (nSPS) is 13.5. The maximum absolute atomic E-state index is 4.84. The Morgan fingerprint density at radius 3 is 2.58 bits per heavy atom. The summed E-state index contributed by atoms with van der Waals surface area (Å²) in [6.07, 6.45) is 7.80. The summed E-state index contributed by atoms with van der Waals surface area (Å²) in [7, 11) is 0. The predicted molar refractivity (Wildman–Crippen MR) is 124 cm³/mol. The zero-order valence-electron chi connectivity index (χ0n) is 16.8. The van der Waals surface area contributed by atoms with E-state index in [9.17, 15) is 0 Å². The van der Waals surface area contributed by atoms with E-state index in [1.165, 1.54) is 55.3 Å². The van der Waals surface area contributed by atoms with Gasteiger partial charge in [-0.2, -0.15) is 0 Å². The van der Waals surface area contributed by atoms with Gasteiger partial charge in [0.1, 0.15) is 5.65 Å². The highest BCUT2D eigenvalue weighted by Gasteiger charge is 2.30. The summed E-state index contributed by atoms with van der Waals surface area (Å²) in [6.45, 7) is 0. The van der Waals surface area contributed by atoms with Crippen molar-refractivity contribution in [3.8, 4) is 22.3 Å². The number of hydrogen-bond acceptors (Lipinski definition) is 2. The zero-order chi connectivity index (χ0) is 20.1. The zero-order valence-corrected chi connectivity index (χ0v) is 16.8. The van der Waals surface area contributed by atoms with E-state index in [0.29, 0.717) is 0 Å². The van der Waals surface area contributed by atoms with Crippen molar-refractivity contribution in [1.82, 2.24) is 14.4 Å². The molecule has 0 spiro atoms. The molecule has 0 unspecified atom stereocenters. The fraction of sp³-hybridized carbons (Fsp3) is 0.0714. The number of aromatic nitrogens is 3. The summed E-state index contributed by atoms with van der Waals surface area (Å²) in [6, 6.07) is 22.2. The first-order chi connectivity index (χ1) is 15.4. The molecule has 6 aromatic rings. The Labute approximate surface area is 178 Å². The van der Waals surface area contributed by atoms with E-state index in [0.717, 1.165) is 29.5 Å². The number of hydrogen-bond donors (Lipinski definition) is 0. The summed E-state index contributed by atoms with van der Waals surface area (Å²) in [5, 5.41) is 2.43. The second kappa shape index (κ2) is 5.38. The van der Waals surface area contributed by atoms with Gasteiger partial charge in [-0.15, -0.1) is 0 Å². The Bertz CT molecular complexity index is 1740. The van der Waals surface area contributed by atoms with Gasteiger partial charge in [-0.3, -0.25) is 9.38 Å². The molecule has 0 bridgehead atoms. The van der Waals surface area contributed by atoms with Gasteiger partial charge in [0.25, 0.3) is 0 Å². The van der Waals surface area contributed by atoms with Crippen LogP contribution in [0, 0.1) is 0 Å². The van der Waals surface area contributed by atoms with Gasteiger partial charge in [0.05, 0.1) is 11.0 Å². The van der Waals surface area contributed by atoms with E-state index in [4.69, 9.17) is 9.97 Å². The van der Waals surface area contributed by atoms with Gasteiger partial charge in [-0.1, -0.05) is 42.5 Å². The number of nitrogens with zero attached hydrogens (tertiary/aromatic N) is 3. The summed E-state index contributed by atoms with van der Waals surface area (Å²) in [5.41, 5.74) is 14.5. The lowest BCUT2D eigenvalue weighted by Crippen LogP contribution is -1.95. The number of rotatable bonds is 0. The minimum Gasteiger partial charge on any atom is -0.298 e. The van der Waals surface area contributed by atoms with E-state index in [1.807, 2.05) is 24.7 Å². The highest BCUT2D eigenvalue weighted by atomic mass is 15.0. The molecule has 144 valence electrons. The van der Waals surface area contributed by atoms with Crippen molar-refractivity contribution < 1.29 is 0 Å². The standard InChI is InChI=1S/C28H17N3/c1-2-5-18-16(4-1)14-17-7-8-19-20-9-10-21-26(23(20)15-22(19)25(17)18)27-24(6-3-11-29-27)31-13-12-30-28(21)31/h1-13H,14-15H2. The van der Waals surface area contributed by atoms with Crippen molar-refractivity contribution in [2.45, 2.75) is 12.8 Å². The van der Waals surface area contributed by atoms with Crippen LogP contribution in [0.1, 0.15) is 22.3 Å². The molecule has 3 heteroatoms. The van der Waals surface area contributed by atoms with E-state index in [-0.39, 0.29) is 0 Å². The maximum atomic E-state index is 4.84. The molecule has 2 aliphatic carbocycles. The number of fused-ring (bicyclic) bond motifs is 14. The summed E-state index contributed by atoms with van der Waals surface area (Å²) >= 11 is 0. The highest BCUT2D eigenvalue weighted by molar-refractivity contribution is 6.14. The lowest BCUT2D eigenvalue weighted by molar-refractivity contribution is 1.23. The monoisotopic (exact) mass is 395 g/mol. The van der Waals surface area contributed by atoms with Crippen molar-refractivity contribution in [2.75, 3.05) is 0 Å².